The summed E-state index contributed by atoms with van der Waals surface area (Å²) in [5.74, 6) is 0. The van der Waals surface area contributed by atoms with Crippen LogP contribution >= 0.6 is 0 Å². The molecule has 15 heavy (non-hydrogen) atoms. The third kappa shape index (κ3) is 10.4. The third-order valence-corrected chi connectivity index (χ3v) is 1.80. The molecule has 0 rings (SSSR count). The van der Waals surface area contributed by atoms with E-state index in [4.69, 9.17) is 0 Å². The Hall–Kier alpha value is 1.57. The van der Waals surface area contributed by atoms with Gasteiger partial charge in [-0.25, -0.2) is 28.4 Å². The van der Waals surface area contributed by atoms with Crippen LogP contribution in [0.2, 0.25) is 0 Å². The Morgan fingerprint density at radius 2 is 1.07 bits per heavy atom. The summed E-state index contributed by atoms with van der Waals surface area (Å²) in [5.41, 5.74) is 0. The third-order valence-electron chi connectivity index (χ3n) is 0.837. The van der Waals surface area contributed by atoms with Gasteiger partial charge in [-0.15, -0.1) is 0 Å². The number of rotatable bonds is 9. The minimum absolute atomic E-state index is 0. The second kappa shape index (κ2) is 12.0. The molecule has 0 amide bonds. The van der Waals surface area contributed by atoms with Crippen LogP contribution in [0.5, 0.6) is 0 Å². The summed E-state index contributed by atoms with van der Waals surface area (Å²) in [4.78, 5) is 24.8. The largest absolute Gasteiger partial charge is 1.00 e. The minimum Gasteiger partial charge on any atom is -0.789 e. The first-order valence-electron chi connectivity index (χ1n) is 4.30. The molecule has 7 nitrogen and oxygen atoms in total. The van der Waals surface area contributed by atoms with Gasteiger partial charge in [0.15, 0.2) is 0 Å². The van der Waals surface area contributed by atoms with E-state index < -0.39 is 9.05 Å². The van der Waals surface area contributed by atoms with Crippen LogP contribution in [0, 0.1) is 0 Å². The van der Waals surface area contributed by atoms with Crippen molar-refractivity contribution in [3.05, 3.63) is 0 Å². The van der Waals surface area contributed by atoms with E-state index in [9.17, 15) is 4.80 Å². The van der Waals surface area contributed by atoms with Crippen molar-refractivity contribution < 1.29 is 84.6 Å². The van der Waals surface area contributed by atoms with Gasteiger partial charge < -0.3 is 4.80 Å². The predicted molar refractivity (Wildman–Crippen MR) is 43.9 cm³/mol. The van der Waals surface area contributed by atoms with E-state index >= 15 is 0 Å². The molecule has 0 aromatic rings. The van der Waals surface area contributed by atoms with Crippen molar-refractivity contribution in [2.24, 2.45) is 0 Å². The van der Waals surface area contributed by atoms with Gasteiger partial charge in [-0.3, -0.25) is 0 Å². The van der Waals surface area contributed by atoms with Crippen LogP contribution in [-0.2, 0) is 28.4 Å². The monoisotopic (exact) mass is 266 g/mol. The van der Waals surface area contributed by atoms with Gasteiger partial charge >= 0.3 is 60.4 Å². The molecule has 0 heterocycles. The van der Waals surface area contributed by atoms with Crippen molar-refractivity contribution in [3.63, 3.8) is 0 Å². The first-order chi connectivity index (χ1) is 6.68. The summed E-state index contributed by atoms with van der Waals surface area (Å²) in [6.07, 6.45) is 0. The van der Waals surface area contributed by atoms with Crippen LogP contribution in [0.3, 0.4) is 0 Å². The van der Waals surface area contributed by atoms with Crippen LogP contribution < -0.4 is 56.2 Å². The maximum atomic E-state index is 11.5. The quantitative estimate of drug-likeness (QED) is 0.246. The van der Waals surface area contributed by atoms with Gasteiger partial charge in [0.1, 0.15) is 0 Å². The number of hydrogen-bond donors (Lipinski definition) is 0. The average molecular weight is 266 g/mol. The fraction of sp³-hybridized carbons (Fsp3) is 1.00. The molecule has 0 atom stereocenters. The Labute approximate surface area is 133 Å². The van der Waals surface area contributed by atoms with Gasteiger partial charge in [0.25, 0.3) is 0 Å². The molecule has 9 heteroatoms. The molecule has 0 fully saturated rings. The Kier molecular flexibility index (Phi) is 15.2. The second-order valence-electron chi connectivity index (χ2n) is 1.97. The fourth-order valence-corrected chi connectivity index (χ4v) is 1.30. The molecule has 0 aromatic carbocycles. The zero-order valence-electron chi connectivity index (χ0n) is 9.48. The van der Waals surface area contributed by atoms with Crippen molar-refractivity contribution in [2.75, 3.05) is 19.8 Å². The Morgan fingerprint density at radius 1 is 0.800 bits per heavy atom. The summed E-state index contributed by atoms with van der Waals surface area (Å²) in [6.45, 7) is 5.54. The predicted octanol–water partition coefficient (Wildman–Crippen LogP) is -3.31. The summed E-state index contributed by atoms with van der Waals surface area (Å²) in [7, 11) is -4.23. The van der Waals surface area contributed by atoms with Gasteiger partial charge in [-0.05, 0) is 20.8 Å². The van der Waals surface area contributed by atoms with Crippen molar-refractivity contribution in [1.29, 1.82) is 0 Å². The smallest absolute Gasteiger partial charge is 0.789 e. The molecule has 0 saturated carbocycles. The van der Waals surface area contributed by atoms with Crippen molar-refractivity contribution in [1.82, 2.24) is 0 Å². The van der Waals surface area contributed by atoms with E-state index in [-0.39, 0.29) is 71.2 Å². The summed E-state index contributed by atoms with van der Waals surface area (Å²) in [6, 6.07) is 0. The fourth-order valence-electron chi connectivity index (χ4n) is 0.435. The molecule has 0 radical (unpaired) electrons. The maximum Gasteiger partial charge on any atom is 1.00 e. The Morgan fingerprint density at radius 3 is 1.27 bits per heavy atom. The van der Waals surface area contributed by atoms with Gasteiger partial charge in [-0.1, -0.05) is 0 Å². The first kappa shape index (κ1) is 18.9. The average Bonchev–Trinajstić information content (AvgIpc) is 2.21. The Bertz CT molecular complexity index is 117. The van der Waals surface area contributed by atoms with Crippen molar-refractivity contribution >= 4 is 9.05 Å². The van der Waals surface area contributed by atoms with E-state index in [1.54, 1.807) is 20.8 Å². The van der Waals surface area contributed by atoms with Gasteiger partial charge in [0.05, 0.1) is 19.8 Å². The molecule has 0 saturated heterocycles. The second-order valence-corrected chi connectivity index (χ2v) is 3.47. The molecule has 0 aliphatic rings. The van der Waals surface area contributed by atoms with Crippen LogP contribution in [0.1, 0.15) is 20.8 Å². The molecule has 0 unspecified atom stereocenters. The van der Waals surface area contributed by atoms with Crippen molar-refractivity contribution in [2.45, 2.75) is 20.8 Å². The molecular weight excluding hydrogens is 251 g/mol. The topological polar surface area (TPSA) is 78.4 Å². The van der Waals surface area contributed by atoms with Gasteiger partial charge in [-0.2, -0.15) is 0 Å². The Balaban J connectivity index is 0. The molecular formula is C6H15KO7Si. The first-order valence-corrected chi connectivity index (χ1v) is 5.94. The molecule has 0 bridgehead atoms. The molecule has 0 aliphatic heterocycles. The van der Waals surface area contributed by atoms with Crippen molar-refractivity contribution in [3.8, 4) is 0 Å². The number of hydrogen-bond acceptors (Lipinski definition) is 7. The van der Waals surface area contributed by atoms with E-state index in [0.29, 0.717) is 0 Å². The van der Waals surface area contributed by atoms with Gasteiger partial charge in [0, 0.05) is 0 Å². The van der Waals surface area contributed by atoms with Crippen LogP contribution in [0.15, 0.2) is 0 Å². The SMILES string of the molecule is CCOO[Si]([O-])(OOCC)OOCC.[K+]. The van der Waals surface area contributed by atoms with E-state index in [0.717, 1.165) is 0 Å². The zero-order chi connectivity index (χ0) is 10.9. The molecule has 0 N–H and O–H groups in total. The van der Waals surface area contributed by atoms with E-state index in [2.05, 4.69) is 28.4 Å². The van der Waals surface area contributed by atoms with Crippen LogP contribution in [-0.4, -0.2) is 28.9 Å². The maximum absolute atomic E-state index is 11.5. The minimum atomic E-state index is -4.23. The van der Waals surface area contributed by atoms with E-state index in [1.807, 2.05) is 0 Å². The standard InChI is InChI=1S/C6H15O7Si.K/c1-4-8-11-14(7,12-9-5-2)13-10-6-3;/h4-6H2,1-3H3;/q-1;+1. The summed E-state index contributed by atoms with van der Waals surface area (Å²) in [5, 5.41) is 0. The summed E-state index contributed by atoms with van der Waals surface area (Å²) >= 11 is 0. The molecule has 86 valence electrons. The van der Waals surface area contributed by atoms with Gasteiger partial charge in [0.2, 0.25) is 0 Å². The van der Waals surface area contributed by atoms with Crippen LogP contribution in [0.4, 0.5) is 0 Å². The molecule has 0 aromatic heterocycles. The normalized spacial score (nSPS) is 11.2. The van der Waals surface area contributed by atoms with E-state index in [1.165, 1.54) is 0 Å². The van der Waals surface area contributed by atoms with Crippen LogP contribution in [0.25, 0.3) is 0 Å². The zero-order valence-corrected chi connectivity index (χ0v) is 13.6. The molecule has 0 spiro atoms. The summed E-state index contributed by atoms with van der Waals surface area (Å²) < 4.78 is 13.1. The molecule has 0 aliphatic carbocycles.